The Hall–Kier alpha value is -2.15. The first kappa shape index (κ1) is 17.2. The van der Waals surface area contributed by atoms with E-state index in [0.717, 1.165) is 5.56 Å². The monoisotopic (exact) mass is 311 g/mol. The highest BCUT2D eigenvalue weighted by Crippen LogP contribution is 2.15. The zero-order chi connectivity index (χ0) is 16.9. The lowest BCUT2D eigenvalue weighted by molar-refractivity contribution is 0.143. The van der Waals surface area contributed by atoms with E-state index in [-0.39, 0.29) is 11.9 Å². The molecular formula is C20H22FNO. The fourth-order valence-electron chi connectivity index (χ4n) is 2.14. The van der Waals surface area contributed by atoms with Gasteiger partial charge >= 0.3 is 0 Å². The van der Waals surface area contributed by atoms with Crippen LogP contribution in [0, 0.1) is 17.7 Å². The molecule has 1 atom stereocenters. The van der Waals surface area contributed by atoms with Crippen molar-refractivity contribution in [2.24, 2.45) is 0 Å². The van der Waals surface area contributed by atoms with Gasteiger partial charge in [-0.2, -0.15) is 0 Å². The molecule has 0 fully saturated rings. The van der Waals surface area contributed by atoms with Crippen LogP contribution in [-0.4, -0.2) is 10.7 Å². The summed E-state index contributed by atoms with van der Waals surface area (Å²) in [5.41, 5.74) is 1.35. The number of halogens is 1. The second-order valence-electron chi connectivity index (χ2n) is 6.13. The number of hydrogen-bond donors (Lipinski definition) is 2. The van der Waals surface area contributed by atoms with Crippen LogP contribution < -0.4 is 5.32 Å². The Balaban J connectivity index is 2.09. The predicted molar refractivity (Wildman–Crippen MR) is 91.3 cm³/mol. The Morgan fingerprint density at radius 3 is 2.52 bits per heavy atom. The van der Waals surface area contributed by atoms with Gasteiger partial charge in [-0.05, 0) is 44.5 Å². The van der Waals surface area contributed by atoms with Crippen molar-refractivity contribution in [2.45, 2.75) is 39.0 Å². The summed E-state index contributed by atoms with van der Waals surface area (Å²) < 4.78 is 14.0. The first-order chi connectivity index (χ1) is 10.8. The molecule has 0 unspecified atom stereocenters. The summed E-state index contributed by atoms with van der Waals surface area (Å²) >= 11 is 0. The minimum Gasteiger partial charge on any atom is -0.378 e. The van der Waals surface area contributed by atoms with Crippen LogP contribution in [0.25, 0.3) is 0 Å². The lowest BCUT2D eigenvalue weighted by atomic mass is 10.1. The van der Waals surface area contributed by atoms with Gasteiger partial charge in [-0.3, -0.25) is 0 Å². The van der Waals surface area contributed by atoms with E-state index in [2.05, 4.69) is 17.2 Å². The van der Waals surface area contributed by atoms with Crippen molar-refractivity contribution >= 4 is 0 Å². The average Bonchev–Trinajstić information content (AvgIpc) is 2.52. The molecule has 0 aliphatic carbocycles. The van der Waals surface area contributed by atoms with Crippen LogP contribution in [-0.2, 0) is 6.54 Å². The molecule has 0 aliphatic rings. The molecule has 0 bridgehead atoms. The van der Waals surface area contributed by atoms with Crippen molar-refractivity contribution in [1.29, 1.82) is 0 Å². The average molecular weight is 311 g/mol. The summed E-state index contributed by atoms with van der Waals surface area (Å²) in [7, 11) is 0. The molecule has 23 heavy (non-hydrogen) atoms. The Kier molecular flexibility index (Phi) is 5.54. The van der Waals surface area contributed by atoms with E-state index in [4.69, 9.17) is 0 Å². The third-order valence-electron chi connectivity index (χ3n) is 3.46. The van der Waals surface area contributed by atoms with Crippen LogP contribution in [0.15, 0.2) is 48.5 Å². The fourth-order valence-corrected chi connectivity index (χ4v) is 2.14. The highest BCUT2D eigenvalue weighted by atomic mass is 19.1. The van der Waals surface area contributed by atoms with Crippen molar-refractivity contribution in [1.82, 2.24) is 5.32 Å². The summed E-state index contributed by atoms with van der Waals surface area (Å²) in [6, 6.07) is 14.9. The van der Waals surface area contributed by atoms with Crippen molar-refractivity contribution in [3.8, 4) is 11.8 Å². The molecule has 0 aliphatic heterocycles. The highest BCUT2D eigenvalue weighted by molar-refractivity contribution is 5.39. The molecule has 0 aromatic heterocycles. The van der Waals surface area contributed by atoms with Gasteiger partial charge in [-0.1, -0.05) is 42.2 Å². The van der Waals surface area contributed by atoms with Gasteiger partial charge in [0.05, 0.1) is 0 Å². The standard InChI is InChI=1S/C20H22FNO/c1-15(17-7-5-4-6-8-17)22-14-18-13-16(9-10-19(18)21)11-12-20(2,3)23/h4-10,13,15,22-23H,14H2,1-3H3/t15-/m1/s1. The molecule has 2 aromatic carbocycles. The molecule has 2 nitrogen and oxygen atoms in total. The van der Waals surface area contributed by atoms with Gasteiger partial charge < -0.3 is 10.4 Å². The summed E-state index contributed by atoms with van der Waals surface area (Å²) in [6.07, 6.45) is 0. The lowest BCUT2D eigenvalue weighted by Gasteiger charge is -2.14. The Bertz CT molecular complexity index is 708. The van der Waals surface area contributed by atoms with Crippen LogP contribution in [0.3, 0.4) is 0 Å². The summed E-state index contributed by atoms with van der Waals surface area (Å²) in [6.45, 7) is 5.70. The first-order valence-electron chi connectivity index (χ1n) is 7.67. The minimum atomic E-state index is -1.06. The first-order valence-corrected chi connectivity index (χ1v) is 7.67. The molecule has 2 N–H and O–H groups in total. The third kappa shape index (κ3) is 5.52. The fraction of sp³-hybridized carbons (Fsp3) is 0.300. The molecule has 0 saturated carbocycles. The maximum Gasteiger partial charge on any atom is 0.127 e. The number of benzene rings is 2. The van der Waals surface area contributed by atoms with Crippen LogP contribution in [0.4, 0.5) is 4.39 Å². The second-order valence-corrected chi connectivity index (χ2v) is 6.13. The molecule has 0 radical (unpaired) electrons. The van der Waals surface area contributed by atoms with Gasteiger partial charge in [-0.25, -0.2) is 4.39 Å². The summed E-state index contributed by atoms with van der Waals surface area (Å²) in [5, 5.41) is 13.0. The molecular weight excluding hydrogens is 289 g/mol. The molecule has 0 amide bonds. The largest absolute Gasteiger partial charge is 0.378 e. The zero-order valence-corrected chi connectivity index (χ0v) is 13.7. The van der Waals surface area contributed by atoms with Crippen molar-refractivity contribution in [3.05, 3.63) is 71.0 Å². The Labute approximate surface area is 137 Å². The van der Waals surface area contributed by atoms with Crippen molar-refractivity contribution < 1.29 is 9.50 Å². The second kappa shape index (κ2) is 7.41. The molecule has 120 valence electrons. The van der Waals surface area contributed by atoms with E-state index in [1.807, 2.05) is 37.3 Å². The molecule has 0 heterocycles. The van der Waals surface area contributed by atoms with Crippen molar-refractivity contribution in [2.75, 3.05) is 0 Å². The topological polar surface area (TPSA) is 32.3 Å². The van der Waals surface area contributed by atoms with E-state index >= 15 is 0 Å². The lowest BCUT2D eigenvalue weighted by Crippen LogP contribution is -2.18. The number of rotatable bonds is 4. The minimum absolute atomic E-state index is 0.127. The SMILES string of the molecule is C[C@@H](NCc1cc(C#CC(C)(C)O)ccc1F)c1ccccc1. The van der Waals surface area contributed by atoms with Crippen LogP contribution in [0.1, 0.15) is 43.5 Å². The van der Waals surface area contributed by atoms with Crippen LogP contribution in [0.2, 0.25) is 0 Å². The quantitative estimate of drug-likeness (QED) is 0.842. The van der Waals surface area contributed by atoms with Gasteiger partial charge in [0, 0.05) is 23.7 Å². The molecule has 0 spiro atoms. The molecule has 3 heteroatoms. The van der Waals surface area contributed by atoms with Gasteiger partial charge in [0.2, 0.25) is 0 Å². The normalized spacial score (nSPS) is 12.4. The van der Waals surface area contributed by atoms with Crippen molar-refractivity contribution in [3.63, 3.8) is 0 Å². The van der Waals surface area contributed by atoms with E-state index in [1.54, 1.807) is 26.0 Å². The zero-order valence-electron chi connectivity index (χ0n) is 13.7. The molecule has 2 aromatic rings. The third-order valence-corrected chi connectivity index (χ3v) is 3.46. The van der Waals surface area contributed by atoms with E-state index in [0.29, 0.717) is 17.7 Å². The smallest absolute Gasteiger partial charge is 0.127 e. The Morgan fingerprint density at radius 1 is 1.17 bits per heavy atom. The van der Waals surface area contributed by atoms with Gasteiger partial charge in [0.15, 0.2) is 0 Å². The van der Waals surface area contributed by atoms with Gasteiger partial charge in [-0.15, -0.1) is 0 Å². The van der Waals surface area contributed by atoms with E-state index in [9.17, 15) is 9.50 Å². The predicted octanol–water partition coefficient (Wildman–Crippen LogP) is 3.80. The van der Waals surface area contributed by atoms with Gasteiger partial charge in [0.25, 0.3) is 0 Å². The van der Waals surface area contributed by atoms with E-state index < -0.39 is 5.60 Å². The number of aliphatic hydroxyl groups is 1. The molecule has 0 saturated heterocycles. The summed E-state index contributed by atoms with van der Waals surface area (Å²) in [5.74, 6) is 5.36. The van der Waals surface area contributed by atoms with Crippen LogP contribution in [0.5, 0.6) is 0 Å². The van der Waals surface area contributed by atoms with Crippen LogP contribution >= 0.6 is 0 Å². The molecule has 2 rings (SSSR count). The number of hydrogen-bond acceptors (Lipinski definition) is 2. The summed E-state index contributed by atoms with van der Waals surface area (Å²) in [4.78, 5) is 0. The van der Waals surface area contributed by atoms with Gasteiger partial charge in [0.1, 0.15) is 11.4 Å². The maximum atomic E-state index is 14.0. The Morgan fingerprint density at radius 2 is 1.87 bits per heavy atom. The van der Waals surface area contributed by atoms with E-state index in [1.165, 1.54) is 6.07 Å². The highest BCUT2D eigenvalue weighted by Gasteiger charge is 2.09. The maximum absolute atomic E-state index is 14.0. The number of nitrogens with one attached hydrogen (secondary N) is 1.